The van der Waals surface area contributed by atoms with E-state index in [4.69, 9.17) is 9.47 Å². The molecular formula is C22H34O4. The number of carbonyl (C=O) groups is 2. The molecule has 1 aromatic carbocycles. The van der Waals surface area contributed by atoms with Gasteiger partial charge in [-0.3, -0.25) is 9.59 Å². The quantitative estimate of drug-likeness (QED) is 0.224. The Kier molecular flexibility index (Phi) is 12.2. The normalized spacial score (nSPS) is 10.5. The largest absolute Gasteiger partial charge is 0.423 e. The lowest BCUT2D eigenvalue weighted by Crippen LogP contribution is -2.12. The first-order valence-corrected chi connectivity index (χ1v) is 10.2. The van der Waals surface area contributed by atoms with Crippen molar-refractivity contribution >= 4 is 11.9 Å². The summed E-state index contributed by atoms with van der Waals surface area (Å²) in [5, 5.41) is 0. The van der Waals surface area contributed by atoms with Gasteiger partial charge in [-0.1, -0.05) is 77.3 Å². The van der Waals surface area contributed by atoms with E-state index in [1.807, 2.05) is 0 Å². The van der Waals surface area contributed by atoms with E-state index in [9.17, 15) is 9.59 Å². The van der Waals surface area contributed by atoms with Gasteiger partial charge in [0.05, 0.1) is 0 Å². The predicted octanol–water partition coefficient (Wildman–Crippen LogP) is 6.22. The number of carbonyl (C=O) groups excluding carboxylic acids is 2. The maximum absolute atomic E-state index is 12.0. The van der Waals surface area contributed by atoms with E-state index >= 15 is 0 Å². The third-order valence-electron chi connectivity index (χ3n) is 4.27. The van der Waals surface area contributed by atoms with Crippen molar-refractivity contribution in [3.63, 3.8) is 0 Å². The van der Waals surface area contributed by atoms with Crippen molar-refractivity contribution < 1.29 is 19.1 Å². The first-order chi connectivity index (χ1) is 12.7. The van der Waals surface area contributed by atoms with Crippen LogP contribution >= 0.6 is 0 Å². The minimum Gasteiger partial charge on any atom is -0.423 e. The summed E-state index contributed by atoms with van der Waals surface area (Å²) in [5.41, 5.74) is 0. The van der Waals surface area contributed by atoms with Crippen LogP contribution in [0.4, 0.5) is 0 Å². The van der Waals surface area contributed by atoms with Crippen LogP contribution in [0.15, 0.2) is 24.3 Å². The first kappa shape index (κ1) is 22.2. The molecule has 0 bridgehead atoms. The van der Waals surface area contributed by atoms with Gasteiger partial charge < -0.3 is 9.47 Å². The van der Waals surface area contributed by atoms with Crippen LogP contribution < -0.4 is 9.47 Å². The van der Waals surface area contributed by atoms with E-state index in [1.165, 1.54) is 25.7 Å². The zero-order valence-corrected chi connectivity index (χ0v) is 16.4. The number of hydrogen-bond donors (Lipinski definition) is 0. The lowest BCUT2D eigenvalue weighted by molar-refractivity contribution is -0.137. The third-order valence-corrected chi connectivity index (χ3v) is 4.27. The van der Waals surface area contributed by atoms with Crippen LogP contribution in [0.1, 0.15) is 90.9 Å². The number of hydrogen-bond acceptors (Lipinski definition) is 4. The van der Waals surface area contributed by atoms with E-state index in [-0.39, 0.29) is 11.9 Å². The highest BCUT2D eigenvalue weighted by Crippen LogP contribution is 2.27. The van der Waals surface area contributed by atoms with Gasteiger partial charge in [-0.05, 0) is 25.0 Å². The highest BCUT2D eigenvalue weighted by molar-refractivity contribution is 5.76. The Labute approximate surface area is 158 Å². The van der Waals surface area contributed by atoms with Gasteiger partial charge in [0.1, 0.15) is 0 Å². The van der Waals surface area contributed by atoms with Crippen LogP contribution in [0, 0.1) is 0 Å². The molecule has 0 saturated heterocycles. The predicted molar refractivity (Wildman–Crippen MR) is 104 cm³/mol. The SMILES string of the molecule is CCCCCCCC(=O)Oc1ccccc1OC(=O)CCCCCCC. The Morgan fingerprint density at radius 1 is 0.654 bits per heavy atom. The Morgan fingerprint density at radius 3 is 1.42 bits per heavy atom. The summed E-state index contributed by atoms with van der Waals surface area (Å²) in [6.45, 7) is 4.33. The molecule has 4 heteroatoms. The average Bonchev–Trinajstić information content (AvgIpc) is 2.63. The summed E-state index contributed by atoms with van der Waals surface area (Å²) >= 11 is 0. The molecule has 0 atom stereocenters. The zero-order valence-electron chi connectivity index (χ0n) is 16.4. The molecule has 0 aliphatic rings. The molecule has 0 amide bonds. The maximum atomic E-state index is 12.0. The molecule has 0 spiro atoms. The van der Waals surface area contributed by atoms with Gasteiger partial charge in [-0.15, -0.1) is 0 Å². The zero-order chi connectivity index (χ0) is 19.0. The molecule has 1 aromatic rings. The Hall–Kier alpha value is -1.84. The molecule has 0 saturated carbocycles. The number of esters is 2. The second-order valence-corrected chi connectivity index (χ2v) is 6.72. The van der Waals surface area contributed by atoms with Crippen LogP contribution in [-0.2, 0) is 9.59 Å². The van der Waals surface area contributed by atoms with Crippen molar-refractivity contribution in [2.75, 3.05) is 0 Å². The summed E-state index contributed by atoms with van der Waals surface area (Å²) in [4.78, 5) is 24.0. The van der Waals surface area contributed by atoms with Gasteiger partial charge in [0.15, 0.2) is 11.5 Å². The monoisotopic (exact) mass is 362 g/mol. The number of unbranched alkanes of at least 4 members (excludes halogenated alkanes) is 8. The van der Waals surface area contributed by atoms with Crippen molar-refractivity contribution in [2.24, 2.45) is 0 Å². The number of benzene rings is 1. The van der Waals surface area contributed by atoms with Crippen molar-refractivity contribution in [1.82, 2.24) is 0 Å². The fourth-order valence-electron chi connectivity index (χ4n) is 2.71. The highest BCUT2D eigenvalue weighted by atomic mass is 16.6. The molecule has 0 aliphatic carbocycles. The smallest absolute Gasteiger partial charge is 0.311 e. The number of rotatable bonds is 14. The van der Waals surface area contributed by atoms with Gasteiger partial charge in [-0.25, -0.2) is 0 Å². The van der Waals surface area contributed by atoms with Crippen molar-refractivity contribution in [3.8, 4) is 11.5 Å². The molecular weight excluding hydrogens is 328 g/mol. The molecule has 0 fully saturated rings. The van der Waals surface area contributed by atoms with Gasteiger partial charge >= 0.3 is 11.9 Å². The maximum Gasteiger partial charge on any atom is 0.311 e. The van der Waals surface area contributed by atoms with Crippen molar-refractivity contribution in [2.45, 2.75) is 90.9 Å². The van der Waals surface area contributed by atoms with E-state index < -0.39 is 0 Å². The van der Waals surface area contributed by atoms with Gasteiger partial charge in [0.25, 0.3) is 0 Å². The number of ether oxygens (including phenoxy) is 2. The molecule has 0 unspecified atom stereocenters. The molecule has 146 valence electrons. The lowest BCUT2D eigenvalue weighted by atomic mass is 10.1. The third kappa shape index (κ3) is 10.2. The van der Waals surface area contributed by atoms with E-state index in [0.717, 1.165) is 38.5 Å². The summed E-state index contributed by atoms with van der Waals surface area (Å²) in [6.07, 6.45) is 11.6. The van der Waals surface area contributed by atoms with E-state index in [2.05, 4.69) is 13.8 Å². The fourth-order valence-corrected chi connectivity index (χ4v) is 2.71. The molecule has 26 heavy (non-hydrogen) atoms. The van der Waals surface area contributed by atoms with Crippen LogP contribution in [0.2, 0.25) is 0 Å². The molecule has 0 N–H and O–H groups in total. The molecule has 0 heterocycles. The van der Waals surface area contributed by atoms with Crippen molar-refractivity contribution in [3.05, 3.63) is 24.3 Å². The van der Waals surface area contributed by atoms with E-state index in [1.54, 1.807) is 24.3 Å². The standard InChI is InChI=1S/C22H34O4/c1-3-5-7-9-11-17-21(23)25-19-15-13-14-16-20(19)26-22(24)18-12-10-8-6-4-2/h13-16H,3-12,17-18H2,1-2H3. The second kappa shape index (κ2) is 14.3. The lowest BCUT2D eigenvalue weighted by Gasteiger charge is -2.10. The van der Waals surface area contributed by atoms with Crippen LogP contribution in [0.25, 0.3) is 0 Å². The first-order valence-electron chi connectivity index (χ1n) is 10.2. The summed E-state index contributed by atoms with van der Waals surface area (Å²) < 4.78 is 10.8. The van der Waals surface area contributed by atoms with Crippen LogP contribution in [0.3, 0.4) is 0 Å². The molecule has 4 nitrogen and oxygen atoms in total. The Bertz CT molecular complexity index is 478. The summed E-state index contributed by atoms with van der Waals surface area (Å²) in [7, 11) is 0. The molecule has 0 radical (unpaired) electrons. The van der Waals surface area contributed by atoms with Crippen LogP contribution in [-0.4, -0.2) is 11.9 Å². The highest BCUT2D eigenvalue weighted by Gasteiger charge is 2.13. The van der Waals surface area contributed by atoms with Crippen molar-refractivity contribution in [1.29, 1.82) is 0 Å². The van der Waals surface area contributed by atoms with E-state index in [0.29, 0.717) is 24.3 Å². The van der Waals surface area contributed by atoms with Crippen LogP contribution in [0.5, 0.6) is 11.5 Å². The average molecular weight is 363 g/mol. The molecule has 0 aromatic heterocycles. The van der Waals surface area contributed by atoms with Gasteiger partial charge in [-0.2, -0.15) is 0 Å². The molecule has 0 aliphatic heterocycles. The molecule has 1 rings (SSSR count). The van der Waals surface area contributed by atoms with Gasteiger partial charge in [0.2, 0.25) is 0 Å². The second-order valence-electron chi connectivity index (χ2n) is 6.72. The minimum absolute atomic E-state index is 0.274. The fraction of sp³-hybridized carbons (Fsp3) is 0.636. The summed E-state index contributed by atoms with van der Waals surface area (Å²) in [6, 6.07) is 6.87. The number of para-hydroxylation sites is 2. The Morgan fingerprint density at radius 2 is 1.04 bits per heavy atom. The Balaban J connectivity index is 2.38. The minimum atomic E-state index is -0.274. The van der Waals surface area contributed by atoms with Gasteiger partial charge in [0, 0.05) is 12.8 Å². The topological polar surface area (TPSA) is 52.6 Å². The summed E-state index contributed by atoms with van der Waals surface area (Å²) in [5.74, 6) is 0.102.